The Kier molecular flexibility index (Phi) is 3.88. The van der Waals surface area contributed by atoms with E-state index in [1.54, 1.807) is 0 Å². The molecule has 4 heteroatoms. The van der Waals surface area contributed by atoms with Gasteiger partial charge < -0.3 is 15.5 Å². The molecule has 4 nitrogen and oxygen atoms in total. The molecule has 0 aromatic carbocycles. The Bertz CT molecular complexity index is 430. The summed E-state index contributed by atoms with van der Waals surface area (Å²) in [6.45, 7) is 10.2. The molecule has 0 spiro atoms. The second-order valence-corrected chi connectivity index (χ2v) is 5.33. The molecule has 18 heavy (non-hydrogen) atoms. The molecule has 0 amide bonds. The molecule has 0 radical (unpaired) electrons. The van der Waals surface area contributed by atoms with Crippen LogP contribution < -0.4 is 10.6 Å². The van der Waals surface area contributed by atoms with E-state index in [0.717, 1.165) is 31.0 Å². The van der Waals surface area contributed by atoms with Crippen LogP contribution in [0.4, 0.5) is 5.69 Å². The normalized spacial score (nSPS) is 21.4. The first-order valence-electron chi connectivity index (χ1n) is 6.65. The van der Waals surface area contributed by atoms with E-state index < -0.39 is 0 Å². The van der Waals surface area contributed by atoms with Crippen molar-refractivity contribution in [2.24, 2.45) is 5.73 Å². The first kappa shape index (κ1) is 13.3. The van der Waals surface area contributed by atoms with Crippen molar-refractivity contribution in [3.63, 3.8) is 0 Å². The molecule has 1 atom stereocenters. The number of hydrogen-bond donors (Lipinski definition) is 1. The molecule has 1 aliphatic rings. The fourth-order valence-corrected chi connectivity index (χ4v) is 2.64. The molecular formula is C14H24N4. The first-order chi connectivity index (χ1) is 8.52. The standard InChI is InChI=1S/C14H24N4/c1-10-7-14(13(8-15)12(3)16-10)18-6-5-17(4)11(2)9-18/h7,11H,5-6,8-9,15H2,1-4H3. The quantitative estimate of drug-likeness (QED) is 0.857. The van der Waals surface area contributed by atoms with Crippen LogP contribution in [-0.2, 0) is 6.54 Å². The molecule has 0 saturated carbocycles. The second-order valence-electron chi connectivity index (χ2n) is 5.33. The van der Waals surface area contributed by atoms with E-state index in [9.17, 15) is 0 Å². The van der Waals surface area contributed by atoms with Gasteiger partial charge in [0.2, 0.25) is 0 Å². The fourth-order valence-electron chi connectivity index (χ4n) is 2.64. The highest BCUT2D eigenvalue weighted by Crippen LogP contribution is 2.25. The molecule has 2 N–H and O–H groups in total. The smallest absolute Gasteiger partial charge is 0.0449 e. The number of rotatable bonds is 2. The van der Waals surface area contributed by atoms with Crippen molar-refractivity contribution in [3.8, 4) is 0 Å². The first-order valence-corrected chi connectivity index (χ1v) is 6.65. The van der Waals surface area contributed by atoms with Crippen LogP contribution in [-0.4, -0.2) is 42.6 Å². The van der Waals surface area contributed by atoms with Gasteiger partial charge in [-0.2, -0.15) is 0 Å². The van der Waals surface area contributed by atoms with Crippen LogP contribution in [0.2, 0.25) is 0 Å². The number of aryl methyl sites for hydroxylation is 2. The van der Waals surface area contributed by atoms with Crippen molar-refractivity contribution in [3.05, 3.63) is 23.0 Å². The zero-order valence-electron chi connectivity index (χ0n) is 11.9. The van der Waals surface area contributed by atoms with E-state index in [0.29, 0.717) is 12.6 Å². The van der Waals surface area contributed by atoms with Crippen LogP contribution in [0.1, 0.15) is 23.9 Å². The highest BCUT2D eigenvalue weighted by molar-refractivity contribution is 5.56. The number of pyridine rings is 1. The number of aromatic nitrogens is 1. The van der Waals surface area contributed by atoms with E-state index in [-0.39, 0.29) is 0 Å². The lowest BCUT2D eigenvalue weighted by atomic mass is 10.1. The van der Waals surface area contributed by atoms with Crippen molar-refractivity contribution < 1.29 is 0 Å². The van der Waals surface area contributed by atoms with E-state index >= 15 is 0 Å². The Hall–Kier alpha value is -1.13. The summed E-state index contributed by atoms with van der Waals surface area (Å²) in [5.74, 6) is 0. The highest BCUT2D eigenvalue weighted by atomic mass is 15.3. The molecule has 1 aromatic rings. The topological polar surface area (TPSA) is 45.4 Å². The predicted molar refractivity (Wildman–Crippen MR) is 75.9 cm³/mol. The molecule has 2 heterocycles. The number of piperazine rings is 1. The molecule has 1 aliphatic heterocycles. The van der Waals surface area contributed by atoms with Gasteiger partial charge in [-0.05, 0) is 33.9 Å². The number of likely N-dealkylation sites (N-methyl/N-ethyl adjacent to an activating group) is 1. The summed E-state index contributed by atoms with van der Waals surface area (Å²) in [6.07, 6.45) is 0. The second kappa shape index (κ2) is 5.24. The Balaban J connectivity index is 2.33. The lowest BCUT2D eigenvalue weighted by molar-refractivity contribution is 0.234. The van der Waals surface area contributed by atoms with Crippen LogP contribution in [0, 0.1) is 13.8 Å². The molecule has 100 valence electrons. The van der Waals surface area contributed by atoms with Gasteiger partial charge in [0.1, 0.15) is 0 Å². The van der Waals surface area contributed by atoms with Crippen LogP contribution >= 0.6 is 0 Å². The summed E-state index contributed by atoms with van der Waals surface area (Å²) in [7, 11) is 2.19. The summed E-state index contributed by atoms with van der Waals surface area (Å²) in [5.41, 5.74) is 10.5. The van der Waals surface area contributed by atoms with Crippen molar-refractivity contribution in [1.29, 1.82) is 0 Å². The maximum atomic E-state index is 5.89. The van der Waals surface area contributed by atoms with Gasteiger partial charge in [-0.3, -0.25) is 4.98 Å². The van der Waals surface area contributed by atoms with E-state index in [2.05, 4.69) is 48.7 Å². The molecule has 1 fully saturated rings. The summed E-state index contributed by atoms with van der Waals surface area (Å²) >= 11 is 0. The predicted octanol–water partition coefficient (Wildman–Crippen LogP) is 1.30. The van der Waals surface area contributed by atoms with Crippen molar-refractivity contribution in [2.75, 3.05) is 31.6 Å². The van der Waals surface area contributed by atoms with Crippen molar-refractivity contribution >= 4 is 5.69 Å². The highest BCUT2D eigenvalue weighted by Gasteiger charge is 2.23. The molecule has 0 aliphatic carbocycles. The van der Waals surface area contributed by atoms with Gasteiger partial charge in [-0.25, -0.2) is 0 Å². The average Bonchev–Trinajstić information content (AvgIpc) is 2.32. The van der Waals surface area contributed by atoms with Gasteiger partial charge in [0, 0.05) is 54.9 Å². The van der Waals surface area contributed by atoms with Gasteiger partial charge in [-0.1, -0.05) is 0 Å². The monoisotopic (exact) mass is 248 g/mol. The Labute approximate surface area is 110 Å². The Morgan fingerprint density at radius 2 is 2.11 bits per heavy atom. The average molecular weight is 248 g/mol. The van der Waals surface area contributed by atoms with Crippen LogP contribution in [0.15, 0.2) is 6.07 Å². The van der Waals surface area contributed by atoms with Gasteiger partial charge >= 0.3 is 0 Å². The van der Waals surface area contributed by atoms with Crippen molar-refractivity contribution in [2.45, 2.75) is 33.4 Å². The minimum atomic E-state index is 0.565. The zero-order chi connectivity index (χ0) is 13.3. The zero-order valence-corrected chi connectivity index (χ0v) is 11.9. The summed E-state index contributed by atoms with van der Waals surface area (Å²) in [4.78, 5) is 9.37. The maximum Gasteiger partial charge on any atom is 0.0449 e. The molecule has 1 unspecified atom stereocenters. The third-order valence-electron chi connectivity index (χ3n) is 3.94. The molecule has 1 aromatic heterocycles. The van der Waals surface area contributed by atoms with E-state index in [1.165, 1.54) is 11.3 Å². The van der Waals surface area contributed by atoms with E-state index in [4.69, 9.17) is 5.73 Å². The SMILES string of the molecule is Cc1cc(N2CCN(C)C(C)C2)c(CN)c(C)n1. The van der Waals surface area contributed by atoms with Crippen molar-refractivity contribution in [1.82, 2.24) is 9.88 Å². The number of hydrogen-bond acceptors (Lipinski definition) is 4. The number of nitrogens with zero attached hydrogens (tertiary/aromatic N) is 3. The molecule has 0 bridgehead atoms. The lowest BCUT2D eigenvalue weighted by Crippen LogP contribution is -2.50. The third-order valence-corrected chi connectivity index (χ3v) is 3.94. The summed E-state index contributed by atoms with van der Waals surface area (Å²) in [5, 5.41) is 0. The molecule has 2 rings (SSSR count). The largest absolute Gasteiger partial charge is 0.368 e. The Morgan fingerprint density at radius 3 is 2.72 bits per heavy atom. The maximum absolute atomic E-state index is 5.89. The summed E-state index contributed by atoms with van der Waals surface area (Å²) < 4.78 is 0. The van der Waals surface area contributed by atoms with Gasteiger partial charge in [0.25, 0.3) is 0 Å². The number of anilines is 1. The minimum absolute atomic E-state index is 0.565. The van der Waals surface area contributed by atoms with Gasteiger partial charge in [0.05, 0.1) is 0 Å². The van der Waals surface area contributed by atoms with Crippen LogP contribution in [0.3, 0.4) is 0 Å². The molecule has 1 saturated heterocycles. The van der Waals surface area contributed by atoms with Gasteiger partial charge in [0.15, 0.2) is 0 Å². The van der Waals surface area contributed by atoms with E-state index in [1.807, 2.05) is 0 Å². The lowest BCUT2D eigenvalue weighted by Gasteiger charge is -2.40. The number of nitrogens with two attached hydrogens (primary N) is 1. The molecular weight excluding hydrogens is 224 g/mol. The van der Waals surface area contributed by atoms with Crippen LogP contribution in [0.5, 0.6) is 0 Å². The Morgan fingerprint density at radius 1 is 1.39 bits per heavy atom. The van der Waals surface area contributed by atoms with Crippen LogP contribution in [0.25, 0.3) is 0 Å². The minimum Gasteiger partial charge on any atom is -0.368 e. The third kappa shape index (κ3) is 2.49. The fraction of sp³-hybridized carbons (Fsp3) is 0.643. The summed E-state index contributed by atoms with van der Waals surface area (Å²) in [6, 6.07) is 2.76. The van der Waals surface area contributed by atoms with Gasteiger partial charge in [-0.15, -0.1) is 0 Å².